The molecule has 2 aliphatic rings. The number of carbonyl (C=O) groups excluding carboxylic acids is 2. The van der Waals surface area contributed by atoms with Gasteiger partial charge in [0.15, 0.2) is 0 Å². The van der Waals surface area contributed by atoms with E-state index in [0.29, 0.717) is 16.8 Å². The van der Waals surface area contributed by atoms with Crippen molar-refractivity contribution in [3.05, 3.63) is 65.7 Å². The molecule has 142 valence electrons. The number of imide groups is 1. The number of carboxylic acid groups (broad SMARTS) is 1. The number of nitrogens with one attached hydrogen (secondary N) is 2. The van der Waals surface area contributed by atoms with Crippen LogP contribution in [0.5, 0.6) is 0 Å². The van der Waals surface area contributed by atoms with Gasteiger partial charge in [0, 0.05) is 11.6 Å². The summed E-state index contributed by atoms with van der Waals surface area (Å²) in [5.74, 6) is -4.00. The largest absolute Gasteiger partial charge is 0.480 e. The van der Waals surface area contributed by atoms with Crippen molar-refractivity contribution in [2.45, 2.75) is 12.1 Å². The fraction of sp³-hybridized carbons (Fsp3) is 0.200. The molecule has 0 saturated carbocycles. The summed E-state index contributed by atoms with van der Waals surface area (Å²) in [7, 11) is 0. The van der Waals surface area contributed by atoms with Gasteiger partial charge in [0.1, 0.15) is 11.9 Å². The first-order valence-electron chi connectivity index (χ1n) is 8.76. The topological polar surface area (TPSA) is 137 Å². The molecule has 2 amide bonds. The molecular formula is C20H18N4O4. The van der Waals surface area contributed by atoms with Crippen LogP contribution in [0.2, 0.25) is 0 Å². The van der Waals surface area contributed by atoms with E-state index in [1.807, 2.05) is 0 Å². The first kappa shape index (κ1) is 17.9. The van der Waals surface area contributed by atoms with Gasteiger partial charge in [-0.3, -0.25) is 25.1 Å². The van der Waals surface area contributed by atoms with Crippen LogP contribution < -0.4 is 16.0 Å². The lowest BCUT2D eigenvalue weighted by Gasteiger charge is -2.21. The predicted molar refractivity (Wildman–Crippen MR) is 101 cm³/mol. The lowest BCUT2D eigenvalue weighted by Crippen LogP contribution is -2.43. The number of nitrogens with two attached hydrogens (primary N) is 1. The Labute approximate surface area is 160 Å². The van der Waals surface area contributed by atoms with Crippen LogP contribution >= 0.6 is 0 Å². The van der Waals surface area contributed by atoms with Gasteiger partial charge in [0.2, 0.25) is 11.8 Å². The van der Waals surface area contributed by atoms with Crippen LogP contribution in [0.15, 0.2) is 54.6 Å². The minimum atomic E-state index is -1.17. The van der Waals surface area contributed by atoms with E-state index in [-0.39, 0.29) is 5.84 Å². The first-order valence-corrected chi connectivity index (χ1v) is 8.76. The molecule has 4 rings (SSSR count). The van der Waals surface area contributed by atoms with Crippen LogP contribution in [0.25, 0.3) is 0 Å². The summed E-state index contributed by atoms with van der Waals surface area (Å²) in [6.45, 7) is 0. The third kappa shape index (κ3) is 2.66. The molecule has 8 heteroatoms. The number of carbonyl (C=O) groups is 3. The zero-order chi connectivity index (χ0) is 20.0. The molecule has 0 aliphatic carbocycles. The minimum absolute atomic E-state index is 0.0883. The molecule has 0 radical (unpaired) electrons. The van der Waals surface area contributed by atoms with Crippen LogP contribution in [0.3, 0.4) is 0 Å². The quantitative estimate of drug-likeness (QED) is 0.354. The number of rotatable bonds is 4. The van der Waals surface area contributed by atoms with Crippen molar-refractivity contribution < 1.29 is 19.5 Å². The number of hydrogen-bond donors (Lipinski definition) is 4. The summed E-state index contributed by atoms with van der Waals surface area (Å²) in [5, 5.41) is 20.0. The Balaban J connectivity index is 1.74. The van der Waals surface area contributed by atoms with Crippen molar-refractivity contribution in [1.29, 1.82) is 5.41 Å². The molecule has 2 fully saturated rings. The average molecular weight is 378 g/mol. The van der Waals surface area contributed by atoms with Crippen molar-refractivity contribution >= 4 is 29.3 Å². The summed E-state index contributed by atoms with van der Waals surface area (Å²) < 4.78 is 0. The lowest BCUT2D eigenvalue weighted by molar-refractivity contribution is -0.142. The van der Waals surface area contributed by atoms with Crippen LogP contribution in [0.4, 0.5) is 5.69 Å². The molecule has 2 aliphatic heterocycles. The van der Waals surface area contributed by atoms with Crippen LogP contribution in [-0.2, 0) is 14.4 Å². The van der Waals surface area contributed by atoms with E-state index in [2.05, 4.69) is 5.32 Å². The highest BCUT2D eigenvalue weighted by molar-refractivity contribution is 6.23. The number of nitrogen functional groups attached to an aromatic ring is 1. The lowest BCUT2D eigenvalue weighted by atomic mass is 9.86. The Morgan fingerprint density at radius 1 is 1.00 bits per heavy atom. The number of aliphatic carboxylic acids is 1. The third-order valence-electron chi connectivity index (χ3n) is 5.34. The average Bonchev–Trinajstić information content (AvgIpc) is 3.20. The van der Waals surface area contributed by atoms with Crippen molar-refractivity contribution in [1.82, 2.24) is 5.32 Å². The van der Waals surface area contributed by atoms with Crippen LogP contribution in [0, 0.1) is 17.2 Å². The van der Waals surface area contributed by atoms with Crippen LogP contribution in [-0.4, -0.2) is 34.8 Å². The Morgan fingerprint density at radius 3 is 2.18 bits per heavy atom. The molecule has 2 saturated heterocycles. The van der Waals surface area contributed by atoms with E-state index in [4.69, 9.17) is 11.1 Å². The number of amidine groups is 1. The highest BCUT2D eigenvalue weighted by Crippen LogP contribution is 2.45. The summed E-state index contributed by atoms with van der Waals surface area (Å²) in [6, 6.07) is 13.4. The number of carboxylic acids is 1. The number of nitrogens with zero attached hydrogens (tertiary/aromatic N) is 1. The van der Waals surface area contributed by atoms with Gasteiger partial charge < -0.3 is 10.8 Å². The molecule has 8 nitrogen and oxygen atoms in total. The number of hydrogen-bond acceptors (Lipinski definition) is 5. The second-order valence-corrected chi connectivity index (χ2v) is 6.89. The molecule has 28 heavy (non-hydrogen) atoms. The molecular weight excluding hydrogens is 360 g/mol. The molecule has 0 bridgehead atoms. The maximum atomic E-state index is 13.1. The zero-order valence-corrected chi connectivity index (χ0v) is 14.7. The molecule has 2 aromatic carbocycles. The molecule has 4 unspecified atom stereocenters. The van der Waals surface area contributed by atoms with E-state index in [0.717, 1.165) is 4.90 Å². The van der Waals surface area contributed by atoms with Gasteiger partial charge in [-0.25, -0.2) is 4.90 Å². The highest BCUT2D eigenvalue weighted by Gasteiger charge is 2.61. The monoisotopic (exact) mass is 378 g/mol. The van der Waals surface area contributed by atoms with Crippen LogP contribution in [0.1, 0.15) is 17.2 Å². The fourth-order valence-corrected chi connectivity index (χ4v) is 4.04. The number of fused-ring (bicyclic) bond motifs is 1. The van der Waals surface area contributed by atoms with E-state index < -0.39 is 41.7 Å². The van der Waals surface area contributed by atoms with Gasteiger partial charge in [0.05, 0.1) is 17.5 Å². The maximum absolute atomic E-state index is 13.1. The van der Waals surface area contributed by atoms with Crippen molar-refractivity contribution in [2.75, 3.05) is 4.90 Å². The SMILES string of the molecule is N=C(N)c1ccc(C2NC(C(=O)O)C3C(=O)N(c4ccccc4)C(=O)C23)cc1. The molecule has 5 N–H and O–H groups in total. The summed E-state index contributed by atoms with van der Waals surface area (Å²) in [6.07, 6.45) is 0. The Hall–Kier alpha value is -3.52. The van der Waals surface area contributed by atoms with E-state index in [9.17, 15) is 19.5 Å². The standard InChI is InChI=1S/C20H18N4O4/c21-17(22)11-8-6-10(7-9-11)15-13-14(16(23-15)20(27)28)19(26)24(18(13)25)12-4-2-1-3-5-12/h1-9,13-16,23H,(H3,21,22)(H,27,28). The zero-order valence-electron chi connectivity index (χ0n) is 14.7. The maximum Gasteiger partial charge on any atom is 0.321 e. The van der Waals surface area contributed by atoms with Gasteiger partial charge in [-0.15, -0.1) is 0 Å². The minimum Gasteiger partial charge on any atom is -0.480 e. The molecule has 2 heterocycles. The van der Waals surface area contributed by atoms with Gasteiger partial charge in [0.25, 0.3) is 0 Å². The van der Waals surface area contributed by atoms with Crippen molar-refractivity contribution in [3.63, 3.8) is 0 Å². The molecule has 4 atom stereocenters. The molecule has 0 aromatic heterocycles. The summed E-state index contributed by atoms with van der Waals surface area (Å²) in [5.41, 5.74) is 7.09. The van der Waals surface area contributed by atoms with Crippen molar-refractivity contribution in [3.8, 4) is 0 Å². The van der Waals surface area contributed by atoms with E-state index >= 15 is 0 Å². The van der Waals surface area contributed by atoms with E-state index in [1.54, 1.807) is 54.6 Å². The number of benzene rings is 2. The predicted octanol–water partition coefficient (Wildman–Crippen LogP) is 0.874. The second-order valence-electron chi connectivity index (χ2n) is 6.89. The van der Waals surface area contributed by atoms with Gasteiger partial charge in [-0.05, 0) is 17.7 Å². The van der Waals surface area contributed by atoms with Gasteiger partial charge in [-0.2, -0.15) is 0 Å². The Kier molecular flexibility index (Phi) is 4.20. The first-order chi connectivity index (χ1) is 13.4. The molecule has 0 spiro atoms. The third-order valence-corrected chi connectivity index (χ3v) is 5.34. The normalized spacial score (nSPS) is 26.4. The Bertz CT molecular complexity index is 973. The summed E-state index contributed by atoms with van der Waals surface area (Å²) >= 11 is 0. The second kappa shape index (κ2) is 6.58. The fourth-order valence-electron chi connectivity index (χ4n) is 4.04. The smallest absolute Gasteiger partial charge is 0.321 e. The number of anilines is 1. The number of amides is 2. The highest BCUT2D eigenvalue weighted by atomic mass is 16.4. The van der Waals surface area contributed by atoms with Crippen molar-refractivity contribution in [2.24, 2.45) is 17.6 Å². The van der Waals surface area contributed by atoms with E-state index in [1.165, 1.54) is 0 Å². The van der Waals surface area contributed by atoms with Gasteiger partial charge >= 0.3 is 5.97 Å². The summed E-state index contributed by atoms with van der Waals surface area (Å²) in [4.78, 5) is 39.0. The Morgan fingerprint density at radius 2 is 1.61 bits per heavy atom. The van der Waals surface area contributed by atoms with Gasteiger partial charge in [-0.1, -0.05) is 42.5 Å². The number of para-hydroxylation sites is 1. The molecule has 2 aromatic rings.